The molecule has 0 atom stereocenters. The maximum absolute atomic E-state index is 6.50. The first-order chi connectivity index (χ1) is 24.8. The summed E-state index contributed by atoms with van der Waals surface area (Å²) >= 11 is 0. The third-order valence-corrected chi connectivity index (χ3v) is 10.5. The van der Waals surface area contributed by atoms with E-state index in [0.717, 1.165) is 51.4 Å². The molecule has 0 spiro atoms. The van der Waals surface area contributed by atoms with Crippen LogP contribution in [0.15, 0.2) is 138 Å². The number of furan rings is 1. The first kappa shape index (κ1) is 31.6. The zero-order valence-electron chi connectivity index (χ0n) is 27.9. The van der Waals surface area contributed by atoms with Crippen LogP contribution in [0.4, 0.5) is 0 Å². The summed E-state index contributed by atoms with van der Waals surface area (Å²) in [5.74, 6) is 0.818. The molecule has 1 radical (unpaired) electrons. The molecular formula is C46H33IrN3O-2. The second-order valence-corrected chi connectivity index (χ2v) is 13.5. The largest absolute Gasteiger partial charge is 0.455 e. The number of hydrogen-bond donors (Lipinski definition) is 0. The van der Waals surface area contributed by atoms with Crippen molar-refractivity contribution in [1.29, 1.82) is 0 Å². The van der Waals surface area contributed by atoms with E-state index in [1.54, 1.807) is 6.20 Å². The summed E-state index contributed by atoms with van der Waals surface area (Å²) in [7, 11) is 0. The minimum atomic E-state index is 0. The van der Waals surface area contributed by atoms with Gasteiger partial charge in [0, 0.05) is 54.2 Å². The predicted molar refractivity (Wildman–Crippen MR) is 205 cm³/mol. The van der Waals surface area contributed by atoms with Crippen LogP contribution in [0.25, 0.3) is 82.5 Å². The van der Waals surface area contributed by atoms with Crippen LogP contribution in [-0.2, 0) is 26.5 Å². The fourth-order valence-electron chi connectivity index (χ4n) is 8.19. The maximum atomic E-state index is 6.50. The van der Waals surface area contributed by atoms with Crippen LogP contribution in [-0.4, -0.2) is 14.4 Å². The van der Waals surface area contributed by atoms with Crippen molar-refractivity contribution in [2.75, 3.05) is 0 Å². The minimum Gasteiger partial charge on any atom is -0.455 e. The number of para-hydroxylation sites is 2. The van der Waals surface area contributed by atoms with Gasteiger partial charge in [-0.15, -0.1) is 59.7 Å². The number of aromatic nitrogens is 3. The molecule has 51 heavy (non-hydrogen) atoms. The minimum absolute atomic E-state index is 0. The summed E-state index contributed by atoms with van der Waals surface area (Å²) in [6.07, 6.45) is 10.4. The van der Waals surface area contributed by atoms with Gasteiger partial charge < -0.3 is 18.8 Å². The molecule has 11 rings (SSSR count). The number of rotatable bonds is 4. The number of benzene rings is 5. The molecule has 5 heteroatoms. The Labute approximate surface area is 309 Å². The molecule has 1 fully saturated rings. The number of fused-ring (bicyclic) bond motifs is 10. The van der Waals surface area contributed by atoms with E-state index in [4.69, 9.17) is 9.40 Å². The Hall–Kier alpha value is -5.35. The predicted octanol–water partition coefficient (Wildman–Crippen LogP) is 11.9. The molecule has 0 saturated heterocycles. The molecule has 0 bridgehead atoms. The molecule has 5 aromatic heterocycles. The van der Waals surface area contributed by atoms with Gasteiger partial charge in [-0.1, -0.05) is 91.2 Å². The van der Waals surface area contributed by atoms with Crippen LogP contribution in [0.2, 0.25) is 0 Å². The maximum Gasteiger partial charge on any atom is 0.145 e. The second kappa shape index (κ2) is 13.1. The molecule has 0 aliphatic heterocycles. The van der Waals surface area contributed by atoms with Crippen LogP contribution in [0.5, 0.6) is 0 Å². The van der Waals surface area contributed by atoms with E-state index in [1.807, 2.05) is 54.7 Å². The van der Waals surface area contributed by atoms with Crippen molar-refractivity contribution in [2.24, 2.45) is 5.92 Å². The quantitative estimate of drug-likeness (QED) is 0.166. The number of hydrogen-bond acceptors (Lipinski definition) is 3. The average Bonchev–Trinajstić information content (AvgIpc) is 3.97. The smallest absolute Gasteiger partial charge is 0.145 e. The van der Waals surface area contributed by atoms with Gasteiger partial charge in [0.15, 0.2) is 0 Å². The van der Waals surface area contributed by atoms with E-state index in [0.29, 0.717) is 0 Å². The van der Waals surface area contributed by atoms with Gasteiger partial charge >= 0.3 is 0 Å². The van der Waals surface area contributed by atoms with Crippen molar-refractivity contribution < 1.29 is 24.5 Å². The van der Waals surface area contributed by atoms with E-state index in [1.165, 1.54) is 74.7 Å². The molecule has 5 aromatic carbocycles. The van der Waals surface area contributed by atoms with Crippen LogP contribution in [0.3, 0.4) is 0 Å². The Kier molecular flexibility index (Phi) is 8.11. The van der Waals surface area contributed by atoms with Gasteiger partial charge in [0.1, 0.15) is 11.2 Å². The number of nitrogens with zero attached hydrogens (tertiary/aromatic N) is 3. The SMILES string of the molecule is [Ir].[c-]1cc2c(cc1-c1cc(CC3CCCC3)ccn1)c1cc3c4ccccc4oc3c3c4ccccc4n2c13.[c-]1ccccc1-c1ccccn1. The Morgan fingerprint density at radius 3 is 2.29 bits per heavy atom. The summed E-state index contributed by atoms with van der Waals surface area (Å²) in [6, 6.07) is 48.7. The molecule has 0 amide bonds. The van der Waals surface area contributed by atoms with Crippen molar-refractivity contribution in [3.05, 3.63) is 151 Å². The van der Waals surface area contributed by atoms with Crippen molar-refractivity contribution in [3.63, 3.8) is 0 Å². The molecule has 1 saturated carbocycles. The zero-order chi connectivity index (χ0) is 33.0. The fraction of sp³-hybridized carbons (Fsp3) is 0.130. The third kappa shape index (κ3) is 5.40. The van der Waals surface area contributed by atoms with E-state index in [2.05, 4.69) is 94.3 Å². The van der Waals surface area contributed by atoms with Crippen molar-refractivity contribution in [2.45, 2.75) is 32.1 Å². The van der Waals surface area contributed by atoms with Crippen LogP contribution in [0.1, 0.15) is 31.2 Å². The summed E-state index contributed by atoms with van der Waals surface area (Å²) in [4.78, 5) is 8.99. The Bertz CT molecular complexity index is 2760. The van der Waals surface area contributed by atoms with Gasteiger partial charge in [0.2, 0.25) is 0 Å². The third-order valence-electron chi connectivity index (χ3n) is 10.5. The van der Waals surface area contributed by atoms with Crippen LogP contribution < -0.4 is 0 Å². The van der Waals surface area contributed by atoms with Gasteiger partial charge in [-0.2, -0.15) is 0 Å². The standard InChI is InChI=1S/C35H25N2O.C11H8N.Ir/c1-2-8-21(7-1)17-22-15-16-36-29(18-22)23-13-14-31-26(19-23)27-20-28-24-9-4-6-12-32(24)38-35(28)33-25-10-3-5-11-30(25)37(31)34(27)33;1-2-6-10(7-3-1)11-8-4-5-9-12-11;/h3-6,9-12,14-16,18-21H,1-2,7-8,17H2;1-6,8-9H;/q2*-1;. The van der Waals surface area contributed by atoms with E-state index in [-0.39, 0.29) is 20.1 Å². The van der Waals surface area contributed by atoms with Gasteiger partial charge in [0.05, 0.1) is 10.9 Å². The van der Waals surface area contributed by atoms with E-state index >= 15 is 0 Å². The molecule has 4 nitrogen and oxygen atoms in total. The fourth-order valence-corrected chi connectivity index (χ4v) is 8.19. The number of pyridine rings is 2. The molecule has 0 unspecified atom stereocenters. The molecule has 10 aromatic rings. The Morgan fingerprint density at radius 2 is 1.45 bits per heavy atom. The summed E-state index contributed by atoms with van der Waals surface area (Å²) in [6.45, 7) is 0. The van der Waals surface area contributed by atoms with Crippen molar-refractivity contribution in [1.82, 2.24) is 14.4 Å². The Morgan fingerprint density at radius 1 is 0.647 bits per heavy atom. The molecular weight excluding hydrogens is 803 g/mol. The van der Waals surface area contributed by atoms with E-state index in [9.17, 15) is 0 Å². The molecule has 1 aliphatic rings. The van der Waals surface area contributed by atoms with Crippen LogP contribution >= 0.6 is 0 Å². The van der Waals surface area contributed by atoms with E-state index < -0.39 is 0 Å². The zero-order valence-corrected chi connectivity index (χ0v) is 30.3. The molecule has 0 N–H and O–H groups in total. The van der Waals surface area contributed by atoms with Crippen molar-refractivity contribution >= 4 is 60.0 Å². The first-order valence-corrected chi connectivity index (χ1v) is 17.6. The topological polar surface area (TPSA) is 43.3 Å². The summed E-state index contributed by atoms with van der Waals surface area (Å²) in [5, 5.41) is 7.24. The second-order valence-electron chi connectivity index (χ2n) is 13.5. The monoisotopic (exact) mass is 836 g/mol. The van der Waals surface area contributed by atoms with Crippen molar-refractivity contribution in [3.8, 4) is 22.5 Å². The average molecular weight is 836 g/mol. The van der Waals surface area contributed by atoms with Crippen LogP contribution in [0, 0.1) is 18.1 Å². The first-order valence-electron chi connectivity index (χ1n) is 17.6. The normalized spacial score (nSPS) is 13.4. The van der Waals surface area contributed by atoms with Gasteiger partial charge in [-0.05, 0) is 65.0 Å². The molecule has 1 aliphatic carbocycles. The molecule has 249 valence electrons. The Balaban J connectivity index is 0.000000228. The van der Waals surface area contributed by atoms with Gasteiger partial charge in [0.25, 0.3) is 0 Å². The summed E-state index contributed by atoms with van der Waals surface area (Å²) in [5.41, 5.74) is 11.0. The summed E-state index contributed by atoms with van der Waals surface area (Å²) < 4.78 is 8.89. The van der Waals surface area contributed by atoms with Gasteiger partial charge in [-0.3, -0.25) is 0 Å². The van der Waals surface area contributed by atoms with Gasteiger partial charge in [-0.25, -0.2) is 0 Å². The molecule has 5 heterocycles.